The standard InChI is InChI=1S/C13H15N3O3/c1-9(2)11(17)15-13(19)16-12(18)14-8-10-6-4-3-5-7-10/h3-7H,1,8H2,2H3,(H3,14,15,16,17,18,19). The van der Waals surface area contributed by atoms with E-state index in [0.29, 0.717) is 0 Å². The normalized spacial score (nSPS) is 9.32. The molecule has 0 atom stereocenters. The van der Waals surface area contributed by atoms with E-state index in [0.717, 1.165) is 5.56 Å². The Bertz CT molecular complexity index is 497. The summed E-state index contributed by atoms with van der Waals surface area (Å²) in [5.74, 6) is -0.631. The van der Waals surface area contributed by atoms with Crippen LogP contribution in [0.5, 0.6) is 0 Å². The molecular weight excluding hydrogens is 246 g/mol. The van der Waals surface area contributed by atoms with Crippen LogP contribution in [0.15, 0.2) is 42.5 Å². The highest BCUT2D eigenvalue weighted by Crippen LogP contribution is 1.96. The molecular formula is C13H15N3O3. The molecule has 6 nitrogen and oxygen atoms in total. The van der Waals surface area contributed by atoms with Gasteiger partial charge in [0.05, 0.1) is 0 Å². The summed E-state index contributed by atoms with van der Waals surface area (Å²) in [5.41, 5.74) is 1.08. The molecule has 0 aliphatic heterocycles. The van der Waals surface area contributed by atoms with Crippen LogP contribution in [-0.4, -0.2) is 18.0 Å². The number of carbonyl (C=O) groups is 3. The molecule has 19 heavy (non-hydrogen) atoms. The van der Waals surface area contributed by atoms with E-state index in [1.54, 1.807) is 0 Å². The van der Waals surface area contributed by atoms with Crippen LogP contribution >= 0.6 is 0 Å². The molecule has 0 fully saturated rings. The second-order valence-electron chi connectivity index (χ2n) is 3.86. The van der Waals surface area contributed by atoms with Gasteiger partial charge in [0.25, 0.3) is 5.91 Å². The molecule has 0 aromatic heterocycles. The van der Waals surface area contributed by atoms with Crippen LogP contribution in [0.25, 0.3) is 0 Å². The number of carbonyl (C=O) groups excluding carboxylic acids is 3. The first-order valence-electron chi connectivity index (χ1n) is 5.58. The van der Waals surface area contributed by atoms with Crippen molar-refractivity contribution >= 4 is 18.0 Å². The van der Waals surface area contributed by atoms with Gasteiger partial charge in [-0.25, -0.2) is 9.59 Å². The summed E-state index contributed by atoms with van der Waals surface area (Å²) in [6, 6.07) is 7.64. The molecule has 0 radical (unpaired) electrons. The number of hydrogen-bond donors (Lipinski definition) is 3. The van der Waals surface area contributed by atoms with E-state index in [1.165, 1.54) is 6.92 Å². The Morgan fingerprint density at radius 2 is 1.68 bits per heavy atom. The van der Waals surface area contributed by atoms with E-state index < -0.39 is 18.0 Å². The third-order valence-corrected chi connectivity index (χ3v) is 2.14. The van der Waals surface area contributed by atoms with Gasteiger partial charge in [-0.2, -0.15) is 0 Å². The fourth-order valence-corrected chi connectivity index (χ4v) is 1.17. The third-order valence-electron chi connectivity index (χ3n) is 2.14. The average molecular weight is 261 g/mol. The minimum atomic E-state index is -0.890. The molecule has 6 heteroatoms. The third kappa shape index (κ3) is 5.49. The molecule has 0 saturated heterocycles. The lowest BCUT2D eigenvalue weighted by atomic mass is 10.2. The number of rotatable bonds is 3. The summed E-state index contributed by atoms with van der Waals surface area (Å²) in [7, 11) is 0. The lowest BCUT2D eigenvalue weighted by Gasteiger charge is -2.07. The molecule has 0 aliphatic carbocycles. The van der Waals surface area contributed by atoms with Crippen LogP contribution in [0.3, 0.4) is 0 Å². The Morgan fingerprint density at radius 1 is 1.05 bits per heavy atom. The molecule has 1 aromatic rings. The van der Waals surface area contributed by atoms with Crippen molar-refractivity contribution in [2.45, 2.75) is 13.5 Å². The molecule has 1 aromatic carbocycles. The topological polar surface area (TPSA) is 87.3 Å². The second kappa shape index (κ2) is 6.95. The van der Waals surface area contributed by atoms with Crippen LogP contribution in [0.1, 0.15) is 12.5 Å². The number of benzene rings is 1. The molecule has 0 aliphatic rings. The summed E-state index contributed by atoms with van der Waals surface area (Å²) < 4.78 is 0. The first-order valence-corrected chi connectivity index (χ1v) is 5.58. The van der Waals surface area contributed by atoms with Crippen LogP contribution in [0.2, 0.25) is 0 Å². The Kier molecular flexibility index (Phi) is 5.28. The molecule has 0 spiro atoms. The Hall–Kier alpha value is -2.63. The zero-order chi connectivity index (χ0) is 14.3. The highest BCUT2D eigenvalue weighted by molar-refractivity contribution is 6.06. The number of urea groups is 2. The van der Waals surface area contributed by atoms with Crippen molar-refractivity contribution in [3.05, 3.63) is 48.0 Å². The van der Waals surface area contributed by atoms with Gasteiger partial charge >= 0.3 is 12.1 Å². The summed E-state index contributed by atoms with van der Waals surface area (Å²) in [5, 5.41) is 6.42. The van der Waals surface area contributed by atoms with Gasteiger partial charge in [0.15, 0.2) is 0 Å². The highest BCUT2D eigenvalue weighted by Gasteiger charge is 2.10. The maximum atomic E-state index is 11.4. The predicted molar refractivity (Wildman–Crippen MR) is 70.2 cm³/mol. The largest absolute Gasteiger partial charge is 0.334 e. The average Bonchev–Trinajstić information content (AvgIpc) is 2.37. The lowest BCUT2D eigenvalue weighted by Crippen LogP contribution is -2.46. The highest BCUT2D eigenvalue weighted by atomic mass is 16.2. The maximum absolute atomic E-state index is 11.4. The Labute approximate surface area is 110 Å². The fraction of sp³-hybridized carbons (Fsp3) is 0.154. The quantitative estimate of drug-likeness (QED) is 0.717. The van der Waals surface area contributed by atoms with Crippen LogP contribution in [0, 0.1) is 0 Å². The molecule has 0 saturated carbocycles. The summed E-state index contributed by atoms with van der Waals surface area (Å²) in [6.07, 6.45) is 0. The van der Waals surface area contributed by atoms with Crippen molar-refractivity contribution in [1.82, 2.24) is 16.0 Å². The van der Waals surface area contributed by atoms with E-state index in [4.69, 9.17) is 0 Å². The van der Waals surface area contributed by atoms with Crippen LogP contribution < -0.4 is 16.0 Å². The monoisotopic (exact) mass is 261 g/mol. The minimum Gasteiger partial charge on any atom is -0.334 e. The molecule has 0 bridgehead atoms. The van der Waals surface area contributed by atoms with Crippen molar-refractivity contribution < 1.29 is 14.4 Å². The predicted octanol–water partition coefficient (Wildman–Crippen LogP) is 1.30. The molecule has 1 rings (SSSR count). The summed E-state index contributed by atoms with van der Waals surface area (Å²) in [4.78, 5) is 33.7. The maximum Gasteiger partial charge on any atom is 0.329 e. The van der Waals surface area contributed by atoms with Crippen LogP contribution in [0.4, 0.5) is 9.59 Å². The van der Waals surface area contributed by atoms with Gasteiger partial charge in [-0.05, 0) is 12.5 Å². The summed E-state index contributed by atoms with van der Waals surface area (Å²) >= 11 is 0. The van der Waals surface area contributed by atoms with Gasteiger partial charge in [0.2, 0.25) is 0 Å². The fourth-order valence-electron chi connectivity index (χ4n) is 1.17. The second-order valence-corrected chi connectivity index (χ2v) is 3.86. The van der Waals surface area contributed by atoms with Gasteiger partial charge in [-0.1, -0.05) is 36.9 Å². The Balaban J connectivity index is 2.33. The van der Waals surface area contributed by atoms with E-state index in [2.05, 4.69) is 11.9 Å². The van der Waals surface area contributed by atoms with Crippen molar-refractivity contribution in [3.63, 3.8) is 0 Å². The first-order chi connectivity index (χ1) is 8.99. The van der Waals surface area contributed by atoms with Gasteiger partial charge < -0.3 is 5.32 Å². The van der Waals surface area contributed by atoms with Gasteiger partial charge in [0, 0.05) is 12.1 Å². The zero-order valence-electron chi connectivity index (χ0n) is 10.5. The number of imide groups is 2. The molecule has 0 unspecified atom stereocenters. The lowest BCUT2D eigenvalue weighted by molar-refractivity contribution is -0.116. The van der Waals surface area contributed by atoms with E-state index >= 15 is 0 Å². The smallest absolute Gasteiger partial charge is 0.329 e. The van der Waals surface area contributed by atoms with Gasteiger partial charge in [0.1, 0.15) is 0 Å². The number of nitrogens with one attached hydrogen (secondary N) is 3. The van der Waals surface area contributed by atoms with E-state index in [9.17, 15) is 14.4 Å². The summed E-state index contributed by atoms with van der Waals surface area (Å²) in [6.45, 7) is 5.11. The van der Waals surface area contributed by atoms with Crippen LogP contribution in [-0.2, 0) is 11.3 Å². The van der Waals surface area contributed by atoms with E-state index in [-0.39, 0.29) is 12.1 Å². The Morgan fingerprint density at radius 3 is 2.26 bits per heavy atom. The van der Waals surface area contributed by atoms with Crippen molar-refractivity contribution in [1.29, 1.82) is 0 Å². The minimum absolute atomic E-state index is 0.180. The van der Waals surface area contributed by atoms with E-state index in [1.807, 2.05) is 41.0 Å². The van der Waals surface area contributed by atoms with Gasteiger partial charge in [-0.15, -0.1) is 0 Å². The number of amides is 5. The number of hydrogen-bond acceptors (Lipinski definition) is 3. The molecule has 5 amide bonds. The zero-order valence-corrected chi connectivity index (χ0v) is 10.5. The van der Waals surface area contributed by atoms with Crippen molar-refractivity contribution in [3.8, 4) is 0 Å². The molecule has 0 heterocycles. The first kappa shape index (κ1) is 14.4. The molecule has 3 N–H and O–H groups in total. The SMILES string of the molecule is C=C(C)C(=O)NC(=O)NC(=O)NCc1ccccc1. The van der Waals surface area contributed by atoms with Crippen molar-refractivity contribution in [2.75, 3.05) is 0 Å². The van der Waals surface area contributed by atoms with Crippen molar-refractivity contribution in [2.24, 2.45) is 0 Å². The molecule has 100 valence electrons. The van der Waals surface area contributed by atoms with Gasteiger partial charge in [-0.3, -0.25) is 15.4 Å².